The maximum Gasteiger partial charge on any atom is 0.262 e. The van der Waals surface area contributed by atoms with Gasteiger partial charge in [-0.2, -0.15) is 0 Å². The average molecular weight is 377 g/mol. The number of allylic oxidation sites excluding steroid dienone is 1. The number of hydrogen-bond donors (Lipinski definition) is 2. The Kier molecular flexibility index (Phi) is 7.63. The number of ether oxygens (including phenoxy) is 2. The third-order valence-corrected chi connectivity index (χ3v) is 3.87. The summed E-state index contributed by atoms with van der Waals surface area (Å²) in [4.78, 5) is 12.0. The first kappa shape index (κ1) is 21.2. The number of hydrogen-bond acceptors (Lipinski definition) is 4. The van der Waals surface area contributed by atoms with Crippen molar-refractivity contribution in [2.24, 2.45) is 0 Å². The highest BCUT2D eigenvalue weighted by atomic mass is 35.5. The molecule has 1 amide bonds. The SMILES string of the molecule is C=CCc1cc(CNC(=O)C2CC(F)(F)CN2)cc(OC)c1OC.Cl. The number of carbonyl (C=O) groups excluding carboxylic acids is 1. The largest absolute Gasteiger partial charge is 0.493 e. The van der Waals surface area contributed by atoms with Crippen molar-refractivity contribution in [2.75, 3.05) is 20.8 Å². The van der Waals surface area contributed by atoms with E-state index in [0.717, 1.165) is 11.1 Å². The average Bonchev–Trinajstić information content (AvgIpc) is 2.92. The van der Waals surface area contributed by atoms with Gasteiger partial charge in [0, 0.05) is 18.5 Å². The Morgan fingerprint density at radius 3 is 2.68 bits per heavy atom. The molecule has 0 bridgehead atoms. The van der Waals surface area contributed by atoms with Gasteiger partial charge >= 0.3 is 0 Å². The quantitative estimate of drug-likeness (QED) is 0.718. The van der Waals surface area contributed by atoms with Gasteiger partial charge in [0.25, 0.3) is 5.92 Å². The second kappa shape index (κ2) is 9.01. The van der Waals surface area contributed by atoms with E-state index in [1.165, 1.54) is 7.11 Å². The van der Waals surface area contributed by atoms with Crippen LogP contribution in [0.2, 0.25) is 0 Å². The van der Waals surface area contributed by atoms with Crippen molar-refractivity contribution in [3.63, 3.8) is 0 Å². The van der Waals surface area contributed by atoms with Crippen LogP contribution in [0.1, 0.15) is 17.5 Å². The smallest absolute Gasteiger partial charge is 0.262 e. The van der Waals surface area contributed by atoms with Crippen LogP contribution in [0.3, 0.4) is 0 Å². The molecule has 1 heterocycles. The van der Waals surface area contributed by atoms with Crippen LogP contribution < -0.4 is 20.1 Å². The molecule has 1 fully saturated rings. The predicted octanol–water partition coefficient (Wildman–Crippen LogP) is 2.47. The molecular formula is C17H23ClF2N2O3. The van der Waals surface area contributed by atoms with Crippen LogP contribution in [0.4, 0.5) is 8.78 Å². The van der Waals surface area contributed by atoms with E-state index in [-0.39, 0.29) is 19.0 Å². The zero-order chi connectivity index (χ0) is 17.7. The lowest BCUT2D eigenvalue weighted by Gasteiger charge is -2.16. The first-order valence-corrected chi connectivity index (χ1v) is 7.63. The van der Waals surface area contributed by atoms with Crippen molar-refractivity contribution in [1.29, 1.82) is 0 Å². The number of methoxy groups -OCH3 is 2. The highest BCUT2D eigenvalue weighted by Gasteiger charge is 2.42. The van der Waals surface area contributed by atoms with E-state index >= 15 is 0 Å². The van der Waals surface area contributed by atoms with E-state index in [2.05, 4.69) is 17.2 Å². The summed E-state index contributed by atoms with van der Waals surface area (Å²) < 4.78 is 37.0. The number of halogens is 3. The number of carbonyl (C=O) groups is 1. The third kappa shape index (κ3) is 5.31. The van der Waals surface area contributed by atoms with Crippen LogP contribution in [0.5, 0.6) is 11.5 Å². The molecule has 0 spiro atoms. The zero-order valence-electron chi connectivity index (χ0n) is 14.2. The summed E-state index contributed by atoms with van der Waals surface area (Å²) in [6, 6.07) is 2.76. The lowest BCUT2D eigenvalue weighted by molar-refractivity contribution is -0.123. The molecule has 2 rings (SSSR count). The minimum Gasteiger partial charge on any atom is -0.493 e. The van der Waals surface area contributed by atoms with E-state index in [4.69, 9.17) is 9.47 Å². The molecule has 1 aliphatic rings. The molecule has 5 nitrogen and oxygen atoms in total. The fourth-order valence-corrected chi connectivity index (χ4v) is 2.73. The molecule has 2 N–H and O–H groups in total. The van der Waals surface area contributed by atoms with Gasteiger partial charge in [-0.3, -0.25) is 10.1 Å². The van der Waals surface area contributed by atoms with Crippen LogP contribution in [-0.2, 0) is 17.8 Å². The van der Waals surface area contributed by atoms with Crippen molar-refractivity contribution in [3.05, 3.63) is 35.9 Å². The molecule has 0 aromatic heterocycles. The highest BCUT2D eigenvalue weighted by Crippen LogP contribution is 2.33. The number of nitrogens with one attached hydrogen (secondary N) is 2. The van der Waals surface area contributed by atoms with E-state index in [9.17, 15) is 13.6 Å². The fourth-order valence-electron chi connectivity index (χ4n) is 2.73. The molecule has 1 aromatic carbocycles. The Labute approximate surface area is 152 Å². The molecule has 140 valence electrons. The Hall–Kier alpha value is -1.86. The van der Waals surface area contributed by atoms with Crippen molar-refractivity contribution < 1.29 is 23.0 Å². The first-order chi connectivity index (χ1) is 11.4. The molecule has 8 heteroatoms. The van der Waals surface area contributed by atoms with Gasteiger partial charge in [0.05, 0.1) is 26.8 Å². The van der Waals surface area contributed by atoms with Gasteiger partial charge < -0.3 is 14.8 Å². The Morgan fingerprint density at radius 2 is 2.16 bits per heavy atom. The summed E-state index contributed by atoms with van der Waals surface area (Å²) in [5, 5.41) is 5.22. The molecule has 25 heavy (non-hydrogen) atoms. The van der Waals surface area contributed by atoms with Gasteiger partial charge in [0.1, 0.15) is 0 Å². The van der Waals surface area contributed by atoms with Crippen LogP contribution in [-0.4, -0.2) is 38.6 Å². The summed E-state index contributed by atoms with van der Waals surface area (Å²) in [5.74, 6) is -2.11. The summed E-state index contributed by atoms with van der Waals surface area (Å²) in [5.41, 5.74) is 1.67. The van der Waals surface area contributed by atoms with E-state index in [1.807, 2.05) is 6.07 Å². The van der Waals surface area contributed by atoms with Crippen LogP contribution in [0, 0.1) is 0 Å². The molecule has 1 unspecified atom stereocenters. The summed E-state index contributed by atoms with van der Waals surface area (Å²) in [7, 11) is 3.08. The van der Waals surface area contributed by atoms with Gasteiger partial charge in [-0.25, -0.2) is 8.78 Å². The lowest BCUT2D eigenvalue weighted by Crippen LogP contribution is -2.40. The topological polar surface area (TPSA) is 59.6 Å². The zero-order valence-corrected chi connectivity index (χ0v) is 15.1. The standard InChI is InChI=1S/C17H22F2N2O3.ClH/c1-4-5-12-6-11(7-14(23-2)15(12)24-3)9-20-16(22)13-8-17(18,19)10-21-13;/h4,6-7,13,21H,1,5,8-10H2,2-3H3,(H,20,22);1H. The molecule has 0 saturated carbocycles. The fraction of sp³-hybridized carbons (Fsp3) is 0.471. The maximum absolute atomic E-state index is 13.2. The first-order valence-electron chi connectivity index (χ1n) is 7.63. The predicted molar refractivity (Wildman–Crippen MR) is 93.9 cm³/mol. The molecular weight excluding hydrogens is 354 g/mol. The molecule has 1 aromatic rings. The second-order valence-electron chi connectivity index (χ2n) is 5.69. The molecule has 1 atom stereocenters. The van der Waals surface area contributed by atoms with Gasteiger partial charge in [-0.05, 0) is 24.1 Å². The van der Waals surface area contributed by atoms with E-state index < -0.39 is 30.8 Å². The molecule has 1 saturated heterocycles. The van der Waals surface area contributed by atoms with E-state index in [1.54, 1.807) is 19.3 Å². The van der Waals surface area contributed by atoms with Crippen molar-refractivity contribution in [3.8, 4) is 11.5 Å². The lowest BCUT2D eigenvalue weighted by atomic mass is 10.1. The van der Waals surface area contributed by atoms with Crippen molar-refractivity contribution >= 4 is 18.3 Å². The summed E-state index contributed by atoms with van der Waals surface area (Å²) in [6.45, 7) is 3.46. The number of benzene rings is 1. The minimum atomic E-state index is -2.83. The van der Waals surface area contributed by atoms with Gasteiger partial charge in [-0.1, -0.05) is 6.08 Å². The third-order valence-electron chi connectivity index (χ3n) is 3.87. The van der Waals surface area contributed by atoms with E-state index in [0.29, 0.717) is 17.9 Å². The van der Waals surface area contributed by atoms with Crippen molar-refractivity contribution in [1.82, 2.24) is 10.6 Å². The van der Waals surface area contributed by atoms with Gasteiger partial charge in [-0.15, -0.1) is 19.0 Å². The maximum atomic E-state index is 13.2. The summed E-state index contributed by atoms with van der Waals surface area (Å²) >= 11 is 0. The van der Waals surface area contributed by atoms with Crippen LogP contribution in [0.25, 0.3) is 0 Å². The van der Waals surface area contributed by atoms with Crippen LogP contribution >= 0.6 is 12.4 Å². The Balaban J connectivity index is 0.00000312. The number of alkyl halides is 2. The number of rotatable bonds is 7. The second-order valence-corrected chi connectivity index (χ2v) is 5.69. The normalized spacial score (nSPS) is 18.2. The Morgan fingerprint density at radius 1 is 1.44 bits per heavy atom. The highest BCUT2D eigenvalue weighted by molar-refractivity contribution is 5.85. The van der Waals surface area contributed by atoms with Gasteiger partial charge in [0.2, 0.25) is 5.91 Å². The molecule has 0 radical (unpaired) electrons. The minimum absolute atomic E-state index is 0. The molecule has 0 aliphatic carbocycles. The summed E-state index contributed by atoms with van der Waals surface area (Å²) in [6.07, 6.45) is 1.84. The van der Waals surface area contributed by atoms with Crippen LogP contribution in [0.15, 0.2) is 24.8 Å². The van der Waals surface area contributed by atoms with Gasteiger partial charge in [0.15, 0.2) is 11.5 Å². The monoisotopic (exact) mass is 376 g/mol. The number of amides is 1. The Bertz CT molecular complexity index is 626. The molecule has 1 aliphatic heterocycles. The van der Waals surface area contributed by atoms with Crippen molar-refractivity contribution in [2.45, 2.75) is 31.4 Å².